The van der Waals surface area contributed by atoms with Crippen LogP contribution in [-0.4, -0.2) is 40.3 Å². The molecule has 0 bridgehead atoms. The molecule has 7 nitrogen and oxygen atoms in total. The third kappa shape index (κ3) is 8.65. The maximum atomic E-state index is 12.6. The Morgan fingerprint density at radius 2 is 1.63 bits per heavy atom. The number of para-hydroxylation sites is 1. The summed E-state index contributed by atoms with van der Waals surface area (Å²) in [4.78, 5) is 12.2. The maximum absolute atomic E-state index is 12.6. The molecule has 10 heteroatoms. The molecule has 0 fully saturated rings. The van der Waals surface area contributed by atoms with Gasteiger partial charge >= 0.3 is 0 Å². The molecule has 0 aliphatic carbocycles. The van der Waals surface area contributed by atoms with E-state index >= 15 is 0 Å². The molecule has 1 N–H and O–H groups in total. The van der Waals surface area contributed by atoms with Crippen molar-refractivity contribution in [3.63, 3.8) is 0 Å². The summed E-state index contributed by atoms with van der Waals surface area (Å²) in [6.45, 7) is 0.700. The summed E-state index contributed by atoms with van der Waals surface area (Å²) in [5.74, 6) is 1.35. The molecule has 0 aromatic heterocycles. The quantitative estimate of drug-likeness (QED) is 0.307. The highest BCUT2D eigenvalue weighted by Gasteiger charge is 2.22. The van der Waals surface area contributed by atoms with Crippen LogP contribution in [0.1, 0.15) is 12.8 Å². The SMILES string of the molecule is CS(=O)(=O)N(CCCC(=O)NCCOc1ccc(Cl)cc1)c1cc(Cl)ccc1Oc1ccccc1. The fraction of sp³-hybridized carbons (Fsp3) is 0.240. The molecule has 0 unspecified atom stereocenters. The number of anilines is 1. The lowest BCUT2D eigenvalue weighted by molar-refractivity contribution is -0.121. The zero-order chi connectivity index (χ0) is 25.3. The first kappa shape index (κ1) is 26.7. The summed E-state index contributed by atoms with van der Waals surface area (Å²) >= 11 is 12.0. The number of halogens is 2. The van der Waals surface area contributed by atoms with Gasteiger partial charge in [-0.1, -0.05) is 41.4 Å². The molecule has 0 saturated carbocycles. The Bertz CT molecular complexity index is 1220. The average molecular weight is 537 g/mol. The van der Waals surface area contributed by atoms with Gasteiger partial charge in [0.1, 0.15) is 18.1 Å². The summed E-state index contributed by atoms with van der Waals surface area (Å²) < 4.78 is 37.8. The van der Waals surface area contributed by atoms with E-state index < -0.39 is 10.0 Å². The molecular weight excluding hydrogens is 511 g/mol. The second-order valence-electron chi connectivity index (χ2n) is 7.62. The van der Waals surface area contributed by atoms with Crippen molar-refractivity contribution in [3.05, 3.63) is 82.8 Å². The van der Waals surface area contributed by atoms with Gasteiger partial charge in [-0.25, -0.2) is 8.42 Å². The zero-order valence-electron chi connectivity index (χ0n) is 19.1. The van der Waals surface area contributed by atoms with Crippen LogP contribution >= 0.6 is 23.2 Å². The summed E-state index contributed by atoms with van der Waals surface area (Å²) in [5, 5.41) is 3.75. The van der Waals surface area contributed by atoms with Gasteiger partial charge in [-0.3, -0.25) is 9.10 Å². The second-order valence-corrected chi connectivity index (χ2v) is 10.4. The van der Waals surface area contributed by atoms with Gasteiger partial charge in [-0.05, 0) is 61.0 Å². The Labute approximate surface area is 215 Å². The van der Waals surface area contributed by atoms with Gasteiger partial charge in [0, 0.05) is 23.0 Å². The van der Waals surface area contributed by atoms with E-state index in [0.29, 0.717) is 52.6 Å². The smallest absolute Gasteiger partial charge is 0.232 e. The van der Waals surface area contributed by atoms with Gasteiger partial charge in [0.15, 0.2) is 5.75 Å². The van der Waals surface area contributed by atoms with E-state index in [1.807, 2.05) is 18.2 Å². The van der Waals surface area contributed by atoms with Crippen LogP contribution < -0.4 is 19.1 Å². The molecule has 0 radical (unpaired) electrons. The van der Waals surface area contributed by atoms with E-state index in [4.69, 9.17) is 32.7 Å². The molecule has 35 heavy (non-hydrogen) atoms. The van der Waals surface area contributed by atoms with E-state index in [1.165, 1.54) is 10.4 Å². The van der Waals surface area contributed by atoms with Gasteiger partial charge in [-0.2, -0.15) is 0 Å². The molecule has 1 amide bonds. The number of hydrogen-bond acceptors (Lipinski definition) is 5. The normalized spacial score (nSPS) is 11.1. The van der Waals surface area contributed by atoms with Crippen molar-refractivity contribution in [2.24, 2.45) is 0 Å². The second kappa shape index (κ2) is 12.7. The lowest BCUT2D eigenvalue weighted by Crippen LogP contribution is -2.33. The van der Waals surface area contributed by atoms with Crippen LogP contribution in [0, 0.1) is 0 Å². The highest BCUT2D eigenvalue weighted by atomic mass is 35.5. The van der Waals surface area contributed by atoms with Crippen LogP contribution in [-0.2, 0) is 14.8 Å². The molecule has 0 aliphatic heterocycles. The predicted octanol–water partition coefficient (Wildman–Crippen LogP) is 5.53. The molecule has 0 heterocycles. The van der Waals surface area contributed by atoms with Crippen molar-refractivity contribution in [3.8, 4) is 17.2 Å². The van der Waals surface area contributed by atoms with Crippen molar-refractivity contribution in [2.45, 2.75) is 12.8 Å². The first-order chi connectivity index (χ1) is 16.7. The summed E-state index contributed by atoms with van der Waals surface area (Å²) in [5.41, 5.74) is 0.306. The number of hydrogen-bond donors (Lipinski definition) is 1. The number of amides is 1. The van der Waals surface area contributed by atoms with Gasteiger partial charge in [-0.15, -0.1) is 0 Å². The number of carbonyl (C=O) groups excluding carboxylic acids is 1. The molecule has 3 rings (SSSR count). The lowest BCUT2D eigenvalue weighted by atomic mass is 10.2. The van der Waals surface area contributed by atoms with Gasteiger partial charge in [0.25, 0.3) is 0 Å². The first-order valence-electron chi connectivity index (χ1n) is 10.9. The maximum Gasteiger partial charge on any atom is 0.232 e. The number of rotatable bonds is 12. The van der Waals surface area contributed by atoms with Crippen LogP contribution in [0.3, 0.4) is 0 Å². The average Bonchev–Trinajstić information content (AvgIpc) is 2.82. The fourth-order valence-electron chi connectivity index (χ4n) is 3.21. The zero-order valence-corrected chi connectivity index (χ0v) is 21.4. The van der Waals surface area contributed by atoms with E-state index in [9.17, 15) is 13.2 Å². The van der Waals surface area contributed by atoms with Crippen molar-refractivity contribution in [2.75, 3.05) is 30.3 Å². The Hall–Kier alpha value is -2.94. The largest absolute Gasteiger partial charge is 0.492 e. The third-order valence-corrected chi connectivity index (χ3v) is 6.50. The Morgan fingerprint density at radius 3 is 2.31 bits per heavy atom. The van der Waals surface area contributed by atoms with Crippen LogP contribution in [0.15, 0.2) is 72.8 Å². The minimum Gasteiger partial charge on any atom is -0.492 e. The van der Waals surface area contributed by atoms with Crippen molar-refractivity contribution in [1.29, 1.82) is 0 Å². The van der Waals surface area contributed by atoms with Crippen molar-refractivity contribution < 1.29 is 22.7 Å². The van der Waals surface area contributed by atoms with E-state index in [0.717, 1.165) is 6.26 Å². The van der Waals surface area contributed by atoms with Crippen molar-refractivity contribution >= 4 is 44.8 Å². The Kier molecular flexibility index (Phi) is 9.65. The summed E-state index contributed by atoms with van der Waals surface area (Å²) in [6, 6.07) is 20.7. The highest BCUT2D eigenvalue weighted by Crippen LogP contribution is 2.36. The monoisotopic (exact) mass is 536 g/mol. The van der Waals surface area contributed by atoms with Crippen molar-refractivity contribution in [1.82, 2.24) is 5.32 Å². The lowest BCUT2D eigenvalue weighted by Gasteiger charge is -2.25. The van der Waals surface area contributed by atoms with Gasteiger partial charge in [0.2, 0.25) is 15.9 Å². The van der Waals surface area contributed by atoms with Crippen LogP contribution in [0.25, 0.3) is 0 Å². The minimum atomic E-state index is -3.67. The fourth-order valence-corrected chi connectivity index (χ4v) is 4.47. The predicted molar refractivity (Wildman–Crippen MR) is 139 cm³/mol. The molecule has 0 atom stereocenters. The van der Waals surface area contributed by atoms with Crippen LogP contribution in [0.4, 0.5) is 5.69 Å². The molecular formula is C25H26Cl2N2O5S. The highest BCUT2D eigenvalue weighted by molar-refractivity contribution is 7.92. The van der Waals surface area contributed by atoms with Crippen LogP contribution in [0.2, 0.25) is 10.0 Å². The van der Waals surface area contributed by atoms with Crippen LogP contribution in [0.5, 0.6) is 17.2 Å². The number of nitrogens with zero attached hydrogens (tertiary/aromatic N) is 1. The summed E-state index contributed by atoms with van der Waals surface area (Å²) in [6.07, 6.45) is 1.55. The molecule has 186 valence electrons. The Morgan fingerprint density at radius 1 is 0.943 bits per heavy atom. The molecule has 3 aromatic carbocycles. The van der Waals surface area contributed by atoms with Gasteiger partial charge in [0.05, 0.1) is 18.5 Å². The number of ether oxygens (including phenoxy) is 2. The van der Waals surface area contributed by atoms with E-state index in [2.05, 4.69) is 5.32 Å². The molecule has 3 aromatic rings. The molecule has 0 aliphatic rings. The Balaban J connectivity index is 1.56. The van der Waals surface area contributed by atoms with E-state index in [1.54, 1.807) is 48.5 Å². The standard InChI is InChI=1S/C25H26Cl2N2O5S/c1-35(31,32)29(23-18-20(27)11-14-24(23)34-22-6-3-2-4-7-22)16-5-8-25(30)28-15-17-33-21-12-9-19(26)10-13-21/h2-4,6-7,9-14,18H,5,8,15-17H2,1H3,(H,28,30). The number of benzene rings is 3. The van der Waals surface area contributed by atoms with E-state index in [-0.39, 0.29) is 18.9 Å². The number of carbonyl (C=O) groups is 1. The third-order valence-electron chi connectivity index (χ3n) is 4.83. The van der Waals surface area contributed by atoms with Gasteiger partial charge < -0.3 is 14.8 Å². The first-order valence-corrected chi connectivity index (χ1v) is 13.5. The topological polar surface area (TPSA) is 84.9 Å². The number of sulfonamides is 1. The summed E-state index contributed by atoms with van der Waals surface area (Å²) in [7, 11) is -3.67. The molecule has 0 spiro atoms. The minimum absolute atomic E-state index is 0.0824. The number of nitrogens with one attached hydrogen (secondary N) is 1. The molecule has 0 saturated heterocycles.